The molecule has 2 atom stereocenters. The second-order valence-corrected chi connectivity index (χ2v) is 7.97. The van der Waals surface area contributed by atoms with Crippen molar-refractivity contribution < 1.29 is 14.3 Å². The first-order valence-electron chi connectivity index (χ1n) is 10.5. The third-order valence-corrected chi connectivity index (χ3v) is 5.31. The first-order valence-corrected chi connectivity index (χ1v) is 10.5. The summed E-state index contributed by atoms with van der Waals surface area (Å²) in [6, 6.07) is 19.1. The predicted molar refractivity (Wildman–Crippen MR) is 118 cm³/mol. The van der Waals surface area contributed by atoms with Gasteiger partial charge in [0.2, 0.25) is 5.91 Å². The highest BCUT2D eigenvalue weighted by atomic mass is 16.6. The Morgan fingerprint density at radius 3 is 2.30 bits per heavy atom. The minimum Gasteiger partial charge on any atom is -0.445 e. The molecule has 1 aliphatic rings. The van der Waals surface area contributed by atoms with Crippen LogP contribution < -0.4 is 5.32 Å². The van der Waals surface area contributed by atoms with Crippen molar-refractivity contribution in [3.63, 3.8) is 0 Å². The van der Waals surface area contributed by atoms with Crippen LogP contribution in [0.5, 0.6) is 0 Å². The van der Waals surface area contributed by atoms with Crippen molar-refractivity contribution in [2.24, 2.45) is 5.92 Å². The van der Waals surface area contributed by atoms with Gasteiger partial charge in [0, 0.05) is 19.0 Å². The average Bonchev–Trinajstić information content (AvgIpc) is 2.77. The molecule has 5 nitrogen and oxygen atoms in total. The van der Waals surface area contributed by atoms with Gasteiger partial charge in [-0.25, -0.2) is 4.79 Å². The lowest BCUT2D eigenvalue weighted by Gasteiger charge is -2.40. The minimum absolute atomic E-state index is 0.0671. The van der Waals surface area contributed by atoms with Gasteiger partial charge in [0.1, 0.15) is 6.61 Å². The van der Waals surface area contributed by atoms with Gasteiger partial charge in [0.15, 0.2) is 0 Å². The van der Waals surface area contributed by atoms with Crippen molar-refractivity contribution >= 4 is 12.0 Å². The minimum atomic E-state index is -0.372. The Kier molecular flexibility index (Phi) is 7.66. The van der Waals surface area contributed by atoms with Crippen LogP contribution in [0.4, 0.5) is 4.79 Å². The number of nitrogens with zero attached hydrogens (tertiary/aromatic N) is 1. The van der Waals surface area contributed by atoms with Gasteiger partial charge in [-0.15, -0.1) is 0 Å². The molecule has 0 aliphatic carbocycles. The largest absolute Gasteiger partial charge is 0.445 e. The van der Waals surface area contributed by atoms with Crippen molar-refractivity contribution in [2.75, 3.05) is 0 Å². The highest BCUT2D eigenvalue weighted by Gasteiger charge is 2.35. The van der Waals surface area contributed by atoms with Crippen LogP contribution in [-0.4, -0.2) is 29.0 Å². The molecule has 0 aromatic heterocycles. The van der Waals surface area contributed by atoms with E-state index in [-0.39, 0.29) is 43.0 Å². The topological polar surface area (TPSA) is 58.6 Å². The molecule has 2 aromatic rings. The number of rotatable bonds is 7. The van der Waals surface area contributed by atoms with Crippen LogP contribution >= 0.6 is 0 Å². The molecule has 0 bridgehead atoms. The number of hydrogen-bond acceptors (Lipinski definition) is 3. The number of carbonyl (C=O) groups is 2. The third-order valence-electron chi connectivity index (χ3n) is 5.31. The second-order valence-electron chi connectivity index (χ2n) is 7.97. The Balaban J connectivity index is 1.63. The molecule has 0 radical (unpaired) electrons. The maximum atomic E-state index is 13.0. The molecule has 0 saturated heterocycles. The van der Waals surface area contributed by atoms with Gasteiger partial charge in [-0.1, -0.05) is 86.7 Å². The summed E-state index contributed by atoms with van der Waals surface area (Å²) in [5.41, 5.74) is 1.99. The van der Waals surface area contributed by atoms with Gasteiger partial charge in [0.25, 0.3) is 0 Å². The Labute approximate surface area is 178 Å². The first kappa shape index (κ1) is 21.6. The Bertz CT molecular complexity index is 849. The van der Waals surface area contributed by atoms with Crippen LogP contribution in [0, 0.1) is 5.92 Å². The molecule has 3 rings (SSSR count). The zero-order valence-electron chi connectivity index (χ0n) is 17.7. The fourth-order valence-corrected chi connectivity index (χ4v) is 3.70. The van der Waals surface area contributed by atoms with Gasteiger partial charge in [0.05, 0.1) is 6.04 Å². The second kappa shape index (κ2) is 10.6. The number of hydrogen-bond donors (Lipinski definition) is 1. The molecule has 1 aliphatic heterocycles. The summed E-state index contributed by atoms with van der Waals surface area (Å²) in [4.78, 5) is 27.3. The van der Waals surface area contributed by atoms with E-state index in [1.807, 2.05) is 66.7 Å². The molecule has 0 unspecified atom stereocenters. The maximum Gasteiger partial charge on any atom is 0.410 e. The fraction of sp³-hybridized carbons (Fsp3) is 0.360. The fourth-order valence-electron chi connectivity index (χ4n) is 3.70. The molecule has 0 fully saturated rings. The summed E-state index contributed by atoms with van der Waals surface area (Å²) in [5, 5.41) is 2.97. The van der Waals surface area contributed by atoms with Crippen molar-refractivity contribution in [1.82, 2.24) is 10.2 Å². The molecule has 1 heterocycles. The summed E-state index contributed by atoms with van der Waals surface area (Å²) >= 11 is 0. The molecule has 5 heteroatoms. The van der Waals surface area contributed by atoms with Crippen molar-refractivity contribution in [3.05, 3.63) is 83.9 Å². The van der Waals surface area contributed by atoms with Gasteiger partial charge in [-0.3, -0.25) is 9.69 Å². The predicted octanol–water partition coefficient (Wildman–Crippen LogP) is 4.68. The van der Waals surface area contributed by atoms with Gasteiger partial charge >= 0.3 is 6.09 Å². The van der Waals surface area contributed by atoms with E-state index in [0.29, 0.717) is 13.0 Å². The number of ether oxygens (including phenoxy) is 1. The molecular weight excluding hydrogens is 376 g/mol. The highest BCUT2D eigenvalue weighted by molar-refractivity contribution is 5.78. The van der Waals surface area contributed by atoms with E-state index >= 15 is 0 Å². The summed E-state index contributed by atoms with van der Waals surface area (Å²) in [5.74, 6) is 0.156. The highest BCUT2D eigenvalue weighted by Crippen LogP contribution is 2.26. The molecular formula is C25H30N2O3. The monoisotopic (exact) mass is 406 g/mol. The zero-order valence-corrected chi connectivity index (χ0v) is 17.7. The summed E-state index contributed by atoms with van der Waals surface area (Å²) in [6.07, 6.45) is 4.64. The van der Waals surface area contributed by atoms with Crippen LogP contribution in [0.25, 0.3) is 0 Å². The molecule has 158 valence electrons. The SMILES string of the molecule is CC(C)[C@H]1C=CC[C@@H](CC(=O)NCc2ccccc2)N1C(=O)OCc1ccccc1. The van der Waals surface area contributed by atoms with E-state index in [9.17, 15) is 9.59 Å². The molecule has 0 saturated carbocycles. The average molecular weight is 407 g/mol. The van der Waals surface area contributed by atoms with Gasteiger partial charge in [-0.2, -0.15) is 0 Å². The number of amides is 2. The van der Waals surface area contributed by atoms with Gasteiger partial charge in [-0.05, 0) is 23.5 Å². The van der Waals surface area contributed by atoms with E-state index in [2.05, 4.69) is 25.2 Å². The normalized spacial score (nSPS) is 18.3. The van der Waals surface area contributed by atoms with Crippen LogP contribution in [0.3, 0.4) is 0 Å². The number of nitrogens with one attached hydrogen (secondary N) is 1. The van der Waals surface area contributed by atoms with Gasteiger partial charge < -0.3 is 10.1 Å². The smallest absolute Gasteiger partial charge is 0.410 e. The molecule has 1 N–H and O–H groups in total. The quantitative estimate of drug-likeness (QED) is 0.679. The number of carbonyl (C=O) groups excluding carboxylic acids is 2. The zero-order chi connectivity index (χ0) is 21.3. The Morgan fingerprint density at radius 1 is 1.03 bits per heavy atom. The van der Waals surface area contributed by atoms with E-state index in [0.717, 1.165) is 11.1 Å². The molecule has 2 aromatic carbocycles. The standard InChI is InChI=1S/C25H30N2O3/c1-19(2)23-15-9-14-22(16-24(28)26-17-20-10-5-3-6-11-20)27(23)25(29)30-18-21-12-7-4-8-13-21/h3-13,15,19,22-23H,14,16-18H2,1-2H3,(H,26,28)/t22-,23+/m0/s1. The summed E-state index contributed by atoms with van der Waals surface area (Å²) in [6.45, 7) is 4.85. The lowest BCUT2D eigenvalue weighted by Crippen LogP contribution is -2.51. The molecule has 2 amide bonds. The van der Waals surface area contributed by atoms with Crippen LogP contribution in [0.2, 0.25) is 0 Å². The van der Waals surface area contributed by atoms with Crippen molar-refractivity contribution in [2.45, 2.75) is 51.9 Å². The Morgan fingerprint density at radius 2 is 1.67 bits per heavy atom. The van der Waals surface area contributed by atoms with Crippen LogP contribution in [0.1, 0.15) is 37.8 Å². The number of benzene rings is 2. The lowest BCUT2D eigenvalue weighted by atomic mass is 9.93. The molecule has 0 spiro atoms. The summed E-state index contributed by atoms with van der Waals surface area (Å²) in [7, 11) is 0. The first-order chi connectivity index (χ1) is 14.5. The van der Waals surface area contributed by atoms with E-state index < -0.39 is 0 Å². The van der Waals surface area contributed by atoms with E-state index in [1.165, 1.54) is 0 Å². The van der Waals surface area contributed by atoms with Crippen LogP contribution in [-0.2, 0) is 22.7 Å². The lowest BCUT2D eigenvalue weighted by molar-refractivity contribution is -0.122. The van der Waals surface area contributed by atoms with Crippen molar-refractivity contribution in [1.29, 1.82) is 0 Å². The van der Waals surface area contributed by atoms with E-state index in [4.69, 9.17) is 4.74 Å². The Hall–Kier alpha value is -3.08. The van der Waals surface area contributed by atoms with Crippen LogP contribution in [0.15, 0.2) is 72.8 Å². The maximum absolute atomic E-state index is 13.0. The molecule has 30 heavy (non-hydrogen) atoms. The van der Waals surface area contributed by atoms with Crippen molar-refractivity contribution in [3.8, 4) is 0 Å². The van der Waals surface area contributed by atoms with E-state index in [1.54, 1.807) is 4.90 Å². The third kappa shape index (κ3) is 5.96. The summed E-state index contributed by atoms with van der Waals surface area (Å²) < 4.78 is 5.61.